The second kappa shape index (κ2) is 10.2. The Morgan fingerprint density at radius 3 is 2.58 bits per heavy atom. The molecule has 0 aliphatic rings. The molecule has 160 valence electrons. The number of carbonyl (C=O) groups is 3. The maximum atomic E-state index is 12.6. The zero-order chi connectivity index (χ0) is 22.2. The highest BCUT2D eigenvalue weighted by molar-refractivity contribution is 6.10. The molecule has 0 saturated heterocycles. The van der Waals surface area contributed by atoms with E-state index >= 15 is 0 Å². The zero-order valence-electron chi connectivity index (χ0n) is 17.4. The first-order chi connectivity index (χ1) is 15.0. The minimum atomic E-state index is -0.919. The number of methoxy groups -OCH3 is 1. The van der Waals surface area contributed by atoms with Gasteiger partial charge in [0.05, 0.1) is 13.5 Å². The fourth-order valence-electron chi connectivity index (χ4n) is 3.04. The van der Waals surface area contributed by atoms with E-state index in [0.717, 1.165) is 22.2 Å². The summed E-state index contributed by atoms with van der Waals surface area (Å²) in [5.74, 6) is -0.429. The van der Waals surface area contributed by atoms with Gasteiger partial charge in [-0.2, -0.15) is 0 Å². The van der Waals surface area contributed by atoms with Gasteiger partial charge in [-0.05, 0) is 36.8 Å². The SMILES string of the molecule is COc1ccc(/C=C/C(=O)NCCC(=O)O[C@H](C)C(=O)c2c[nH]c3ccccc23)cc1. The van der Waals surface area contributed by atoms with Crippen LogP contribution in [0.25, 0.3) is 17.0 Å². The number of hydrogen-bond acceptors (Lipinski definition) is 5. The molecule has 1 aromatic heterocycles. The molecule has 7 nitrogen and oxygen atoms in total. The number of carbonyl (C=O) groups excluding carboxylic acids is 3. The quantitative estimate of drug-likeness (QED) is 0.314. The fraction of sp³-hybridized carbons (Fsp3) is 0.208. The molecular formula is C24H24N2O5. The Morgan fingerprint density at radius 2 is 1.84 bits per heavy atom. The number of ketones is 1. The van der Waals surface area contributed by atoms with E-state index < -0.39 is 12.1 Å². The molecule has 2 aromatic carbocycles. The summed E-state index contributed by atoms with van der Waals surface area (Å²) in [5.41, 5.74) is 2.17. The van der Waals surface area contributed by atoms with E-state index in [0.29, 0.717) is 5.56 Å². The van der Waals surface area contributed by atoms with Crippen molar-refractivity contribution in [1.82, 2.24) is 10.3 Å². The van der Waals surface area contributed by atoms with E-state index in [1.54, 1.807) is 31.5 Å². The predicted molar refractivity (Wildman–Crippen MR) is 118 cm³/mol. The molecule has 0 saturated carbocycles. The highest BCUT2D eigenvalue weighted by atomic mass is 16.5. The number of aromatic amines is 1. The minimum Gasteiger partial charge on any atom is -0.497 e. The molecule has 0 aliphatic heterocycles. The Labute approximate surface area is 180 Å². The lowest BCUT2D eigenvalue weighted by molar-refractivity contribution is -0.146. The van der Waals surface area contributed by atoms with Gasteiger partial charge in [-0.15, -0.1) is 0 Å². The zero-order valence-corrected chi connectivity index (χ0v) is 17.4. The minimum absolute atomic E-state index is 0.0341. The lowest BCUT2D eigenvalue weighted by Crippen LogP contribution is -2.28. The number of esters is 1. The van der Waals surface area contributed by atoms with Crippen LogP contribution in [0, 0.1) is 0 Å². The van der Waals surface area contributed by atoms with Gasteiger partial charge in [0.1, 0.15) is 5.75 Å². The third kappa shape index (κ3) is 5.82. The van der Waals surface area contributed by atoms with Gasteiger partial charge in [0.15, 0.2) is 6.10 Å². The molecule has 1 heterocycles. The van der Waals surface area contributed by atoms with Gasteiger partial charge in [0, 0.05) is 35.3 Å². The molecule has 0 fully saturated rings. The van der Waals surface area contributed by atoms with Crippen LogP contribution >= 0.6 is 0 Å². The van der Waals surface area contributed by atoms with Crippen LogP contribution in [0.3, 0.4) is 0 Å². The molecular weight excluding hydrogens is 396 g/mol. The second-order valence-corrected chi connectivity index (χ2v) is 6.89. The van der Waals surface area contributed by atoms with Gasteiger partial charge in [0.2, 0.25) is 11.7 Å². The van der Waals surface area contributed by atoms with Gasteiger partial charge >= 0.3 is 5.97 Å². The molecule has 1 atom stereocenters. The van der Waals surface area contributed by atoms with E-state index in [9.17, 15) is 14.4 Å². The summed E-state index contributed by atoms with van der Waals surface area (Å²) in [7, 11) is 1.59. The van der Waals surface area contributed by atoms with Crippen LogP contribution in [0.4, 0.5) is 0 Å². The maximum absolute atomic E-state index is 12.6. The van der Waals surface area contributed by atoms with E-state index in [1.165, 1.54) is 13.0 Å². The van der Waals surface area contributed by atoms with E-state index in [4.69, 9.17) is 9.47 Å². The van der Waals surface area contributed by atoms with E-state index in [2.05, 4.69) is 10.3 Å². The highest BCUT2D eigenvalue weighted by Crippen LogP contribution is 2.20. The maximum Gasteiger partial charge on any atom is 0.308 e. The number of amides is 1. The average Bonchev–Trinajstić information content (AvgIpc) is 3.21. The Bertz CT molecular complexity index is 1100. The Kier molecular flexibility index (Phi) is 7.22. The standard InChI is InChI=1S/C24H24N2O5/c1-16(24(29)20-15-26-21-6-4-3-5-19(20)21)31-23(28)13-14-25-22(27)12-9-17-7-10-18(30-2)11-8-17/h3-12,15-16,26H,13-14H2,1-2H3,(H,25,27)/b12-9+/t16-/m1/s1. The van der Waals surface area contributed by atoms with Gasteiger partial charge in [0.25, 0.3) is 0 Å². The van der Waals surface area contributed by atoms with Crippen molar-refractivity contribution in [3.05, 3.63) is 71.9 Å². The molecule has 2 N–H and O–H groups in total. The lowest BCUT2D eigenvalue weighted by Gasteiger charge is -2.12. The molecule has 0 spiro atoms. The van der Waals surface area contributed by atoms with Crippen molar-refractivity contribution in [2.24, 2.45) is 0 Å². The summed E-state index contributed by atoms with van der Waals surface area (Å²) in [6.45, 7) is 1.65. The van der Waals surface area contributed by atoms with Gasteiger partial charge in [-0.1, -0.05) is 30.3 Å². The van der Waals surface area contributed by atoms with Crippen LogP contribution in [-0.4, -0.2) is 42.4 Å². The third-order valence-corrected chi connectivity index (χ3v) is 4.70. The topological polar surface area (TPSA) is 97.5 Å². The molecule has 31 heavy (non-hydrogen) atoms. The lowest BCUT2D eigenvalue weighted by atomic mass is 10.1. The Balaban J connectivity index is 1.43. The van der Waals surface area contributed by atoms with Crippen molar-refractivity contribution < 1.29 is 23.9 Å². The summed E-state index contributed by atoms with van der Waals surface area (Å²) < 4.78 is 10.3. The van der Waals surface area contributed by atoms with Crippen LogP contribution in [0.2, 0.25) is 0 Å². The van der Waals surface area contributed by atoms with Crippen molar-refractivity contribution in [2.75, 3.05) is 13.7 Å². The first-order valence-electron chi connectivity index (χ1n) is 9.87. The summed E-state index contributed by atoms with van der Waals surface area (Å²) >= 11 is 0. The number of para-hydroxylation sites is 1. The van der Waals surface area contributed by atoms with Crippen LogP contribution in [-0.2, 0) is 14.3 Å². The molecule has 3 rings (SSSR count). The summed E-state index contributed by atoms with van der Waals surface area (Å²) in [5, 5.41) is 3.40. The molecule has 0 radical (unpaired) electrons. The Morgan fingerprint density at radius 1 is 1.10 bits per heavy atom. The molecule has 0 aliphatic carbocycles. The summed E-state index contributed by atoms with van der Waals surface area (Å²) in [4.78, 5) is 39.6. The highest BCUT2D eigenvalue weighted by Gasteiger charge is 2.22. The molecule has 7 heteroatoms. The number of rotatable bonds is 9. The number of Topliss-reactive ketones (excluding diaryl/α,β-unsaturated/α-hetero) is 1. The summed E-state index contributed by atoms with van der Waals surface area (Å²) in [6.07, 6.45) is 3.71. The number of ether oxygens (including phenoxy) is 2. The summed E-state index contributed by atoms with van der Waals surface area (Å²) in [6, 6.07) is 14.7. The average molecular weight is 420 g/mol. The smallest absolute Gasteiger partial charge is 0.308 e. The van der Waals surface area contributed by atoms with Crippen molar-refractivity contribution in [2.45, 2.75) is 19.4 Å². The van der Waals surface area contributed by atoms with Crippen LogP contribution < -0.4 is 10.1 Å². The first kappa shape index (κ1) is 21.8. The first-order valence-corrected chi connectivity index (χ1v) is 9.87. The van der Waals surface area contributed by atoms with E-state index in [1.807, 2.05) is 36.4 Å². The van der Waals surface area contributed by atoms with Gasteiger partial charge in [-0.3, -0.25) is 14.4 Å². The number of aromatic nitrogens is 1. The number of benzene rings is 2. The van der Waals surface area contributed by atoms with Crippen molar-refractivity contribution >= 4 is 34.6 Å². The van der Waals surface area contributed by atoms with Crippen molar-refractivity contribution in [3.63, 3.8) is 0 Å². The molecule has 1 amide bonds. The normalized spacial score (nSPS) is 11.9. The van der Waals surface area contributed by atoms with Crippen molar-refractivity contribution in [1.29, 1.82) is 0 Å². The van der Waals surface area contributed by atoms with Crippen LogP contribution in [0.1, 0.15) is 29.3 Å². The monoisotopic (exact) mass is 420 g/mol. The fourth-order valence-corrected chi connectivity index (χ4v) is 3.04. The number of fused-ring (bicyclic) bond motifs is 1. The molecule has 3 aromatic rings. The van der Waals surface area contributed by atoms with Gasteiger partial charge < -0.3 is 19.8 Å². The number of H-pyrrole nitrogens is 1. The predicted octanol–water partition coefficient (Wildman–Crippen LogP) is 3.51. The third-order valence-electron chi connectivity index (χ3n) is 4.70. The molecule has 0 unspecified atom stereocenters. The van der Waals surface area contributed by atoms with Crippen LogP contribution in [0.5, 0.6) is 5.75 Å². The number of nitrogens with one attached hydrogen (secondary N) is 2. The van der Waals surface area contributed by atoms with Crippen LogP contribution in [0.15, 0.2) is 60.8 Å². The Hall–Kier alpha value is -3.87. The largest absolute Gasteiger partial charge is 0.497 e. The molecule has 0 bridgehead atoms. The second-order valence-electron chi connectivity index (χ2n) is 6.89. The number of hydrogen-bond donors (Lipinski definition) is 2. The van der Waals surface area contributed by atoms with Gasteiger partial charge in [-0.25, -0.2) is 0 Å². The van der Waals surface area contributed by atoms with E-state index in [-0.39, 0.29) is 24.7 Å². The van der Waals surface area contributed by atoms with Crippen molar-refractivity contribution in [3.8, 4) is 5.75 Å².